The molecule has 0 bridgehead atoms. The summed E-state index contributed by atoms with van der Waals surface area (Å²) >= 11 is 0. The molecule has 0 saturated carbocycles. The van der Waals surface area contributed by atoms with E-state index >= 15 is 0 Å². The van der Waals surface area contributed by atoms with Crippen LogP contribution in [0, 0.1) is 0 Å². The maximum atomic E-state index is 12.0. The highest BCUT2D eigenvalue weighted by Crippen LogP contribution is 2.32. The number of ether oxygens (including phenoxy) is 2. The van der Waals surface area contributed by atoms with E-state index in [-0.39, 0.29) is 6.04 Å². The fraction of sp³-hybridized carbons (Fsp3) is 0.211. The fourth-order valence-corrected chi connectivity index (χ4v) is 3.28. The quantitative estimate of drug-likeness (QED) is 0.776. The number of H-pyrrole nitrogens is 1. The molecule has 0 spiro atoms. The Balaban J connectivity index is 1.46. The van der Waals surface area contributed by atoms with Crippen LogP contribution in [0.1, 0.15) is 11.3 Å². The number of hydrogen-bond donors (Lipinski definition) is 2. The highest BCUT2D eigenvalue weighted by atomic mass is 16.6. The second-order valence-electron chi connectivity index (χ2n) is 5.95. The van der Waals surface area contributed by atoms with E-state index in [1.54, 1.807) is 19.2 Å². The molecule has 0 radical (unpaired) electrons. The maximum absolute atomic E-state index is 12.0. The van der Waals surface area contributed by atoms with Crippen molar-refractivity contribution >= 4 is 17.0 Å². The lowest BCUT2D eigenvalue weighted by atomic mass is 10.1. The zero-order valence-electron chi connectivity index (χ0n) is 13.3. The van der Waals surface area contributed by atoms with Crippen LogP contribution in [-0.2, 0) is 12.8 Å². The van der Waals surface area contributed by atoms with Crippen LogP contribution in [0.5, 0.6) is 11.5 Å². The van der Waals surface area contributed by atoms with Gasteiger partial charge in [-0.15, -0.1) is 0 Å². The molecule has 2 aromatic carbocycles. The van der Waals surface area contributed by atoms with Crippen molar-refractivity contribution in [3.63, 3.8) is 0 Å². The Kier molecular flexibility index (Phi) is 3.61. The van der Waals surface area contributed by atoms with Gasteiger partial charge in [0, 0.05) is 29.1 Å². The summed E-state index contributed by atoms with van der Waals surface area (Å²) in [5.74, 6) is 1.38. The minimum atomic E-state index is -0.418. The van der Waals surface area contributed by atoms with Crippen molar-refractivity contribution in [1.29, 1.82) is 0 Å². The number of rotatable bonds is 3. The summed E-state index contributed by atoms with van der Waals surface area (Å²) in [4.78, 5) is 15.5. The minimum Gasteiger partial charge on any atom is -0.497 e. The number of benzene rings is 2. The van der Waals surface area contributed by atoms with Gasteiger partial charge in [-0.3, -0.25) is 0 Å². The van der Waals surface area contributed by atoms with E-state index in [4.69, 9.17) is 9.47 Å². The summed E-state index contributed by atoms with van der Waals surface area (Å²) in [7, 11) is 1.66. The number of para-hydroxylation sites is 1. The number of amides is 1. The molecule has 1 unspecified atom stereocenters. The first-order valence-corrected chi connectivity index (χ1v) is 7.94. The second kappa shape index (κ2) is 5.92. The van der Waals surface area contributed by atoms with Crippen molar-refractivity contribution in [2.45, 2.75) is 18.9 Å². The number of nitrogens with one attached hydrogen (secondary N) is 2. The van der Waals surface area contributed by atoms with E-state index in [1.165, 1.54) is 11.3 Å². The van der Waals surface area contributed by atoms with E-state index < -0.39 is 6.09 Å². The third-order valence-corrected chi connectivity index (χ3v) is 4.38. The van der Waals surface area contributed by atoms with E-state index in [0.29, 0.717) is 5.75 Å². The third kappa shape index (κ3) is 2.69. The summed E-state index contributed by atoms with van der Waals surface area (Å²) in [6.07, 6.45) is 1.14. The third-order valence-electron chi connectivity index (χ3n) is 4.38. The molecular weight excluding hydrogens is 304 g/mol. The minimum absolute atomic E-state index is 0.0399. The van der Waals surface area contributed by atoms with E-state index in [0.717, 1.165) is 29.5 Å². The highest BCUT2D eigenvalue weighted by Gasteiger charge is 2.27. The van der Waals surface area contributed by atoms with Crippen molar-refractivity contribution in [3.05, 3.63) is 59.8 Å². The van der Waals surface area contributed by atoms with Gasteiger partial charge in [-0.1, -0.05) is 18.2 Å². The van der Waals surface area contributed by atoms with Crippen molar-refractivity contribution < 1.29 is 14.3 Å². The average molecular weight is 322 g/mol. The van der Waals surface area contributed by atoms with Gasteiger partial charge in [-0.25, -0.2) is 4.79 Å². The molecule has 1 atom stereocenters. The summed E-state index contributed by atoms with van der Waals surface area (Å²) in [6, 6.07) is 15.1. The molecule has 1 aliphatic rings. The molecule has 0 fully saturated rings. The second-order valence-corrected chi connectivity index (χ2v) is 5.95. The molecule has 2 N–H and O–H groups in total. The number of aromatic amines is 1. The Morgan fingerprint density at radius 2 is 1.96 bits per heavy atom. The Bertz CT molecular complexity index is 886. The maximum Gasteiger partial charge on any atom is 0.412 e. The SMILES string of the molecule is COc1ccc2[nH]c3c(c2c1)CC(NC(=O)Oc1ccccc1)C3. The molecule has 1 aliphatic carbocycles. The molecule has 1 amide bonds. The topological polar surface area (TPSA) is 63.3 Å². The molecule has 1 heterocycles. The number of aromatic nitrogens is 1. The van der Waals surface area contributed by atoms with Crippen LogP contribution in [0.25, 0.3) is 10.9 Å². The molecule has 4 rings (SSSR count). The van der Waals surface area contributed by atoms with Crippen molar-refractivity contribution in [2.24, 2.45) is 0 Å². The zero-order chi connectivity index (χ0) is 16.5. The summed E-state index contributed by atoms with van der Waals surface area (Å²) in [5, 5.41) is 4.10. The monoisotopic (exact) mass is 322 g/mol. The standard InChI is InChI=1S/C19H18N2O3/c1-23-14-7-8-17-16(11-14)15-9-12(10-18(15)21-17)20-19(22)24-13-5-3-2-4-6-13/h2-8,11-12,21H,9-10H2,1H3,(H,20,22). The normalized spacial score (nSPS) is 16.0. The Hall–Kier alpha value is -2.95. The zero-order valence-corrected chi connectivity index (χ0v) is 13.3. The lowest BCUT2D eigenvalue weighted by Crippen LogP contribution is -2.37. The van der Waals surface area contributed by atoms with Gasteiger partial charge >= 0.3 is 6.09 Å². The van der Waals surface area contributed by atoms with Crippen LogP contribution >= 0.6 is 0 Å². The van der Waals surface area contributed by atoms with Gasteiger partial charge in [-0.2, -0.15) is 0 Å². The first-order chi connectivity index (χ1) is 11.7. The smallest absolute Gasteiger partial charge is 0.412 e. The number of carbonyl (C=O) groups is 1. The van der Waals surface area contributed by atoms with Crippen LogP contribution in [0.3, 0.4) is 0 Å². The van der Waals surface area contributed by atoms with Gasteiger partial charge in [-0.05, 0) is 42.3 Å². The average Bonchev–Trinajstić information content (AvgIpc) is 3.12. The van der Waals surface area contributed by atoms with E-state index in [1.807, 2.05) is 36.4 Å². The van der Waals surface area contributed by atoms with E-state index in [9.17, 15) is 4.79 Å². The van der Waals surface area contributed by atoms with Crippen molar-refractivity contribution in [1.82, 2.24) is 10.3 Å². The van der Waals surface area contributed by atoms with Crippen LogP contribution in [0.2, 0.25) is 0 Å². The summed E-state index contributed by atoms with van der Waals surface area (Å²) < 4.78 is 10.6. The van der Waals surface area contributed by atoms with Crippen LogP contribution in [0.4, 0.5) is 4.79 Å². The summed E-state index contributed by atoms with van der Waals surface area (Å²) in [5.41, 5.74) is 3.52. The highest BCUT2D eigenvalue weighted by molar-refractivity contribution is 5.87. The molecule has 3 aromatic rings. The predicted octanol–water partition coefficient (Wildman–Crippen LogP) is 3.43. The Morgan fingerprint density at radius 1 is 1.12 bits per heavy atom. The molecule has 122 valence electrons. The first-order valence-electron chi connectivity index (χ1n) is 7.94. The number of carbonyl (C=O) groups excluding carboxylic acids is 1. The molecule has 1 aromatic heterocycles. The largest absolute Gasteiger partial charge is 0.497 e. The number of hydrogen-bond acceptors (Lipinski definition) is 3. The van der Waals surface area contributed by atoms with Gasteiger partial charge < -0.3 is 19.8 Å². The Labute approximate surface area is 139 Å². The van der Waals surface area contributed by atoms with Crippen molar-refractivity contribution in [2.75, 3.05) is 7.11 Å². The van der Waals surface area contributed by atoms with Crippen molar-refractivity contribution in [3.8, 4) is 11.5 Å². The van der Waals surface area contributed by atoms with Gasteiger partial charge in [0.15, 0.2) is 0 Å². The van der Waals surface area contributed by atoms with Crippen LogP contribution < -0.4 is 14.8 Å². The van der Waals surface area contributed by atoms with Gasteiger partial charge in [0.1, 0.15) is 11.5 Å². The molecule has 5 heteroatoms. The Morgan fingerprint density at radius 3 is 2.75 bits per heavy atom. The molecule has 24 heavy (non-hydrogen) atoms. The van der Waals surface area contributed by atoms with Gasteiger partial charge in [0.05, 0.1) is 7.11 Å². The predicted molar refractivity (Wildman–Crippen MR) is 91.6 cm³/mol. The summed E-state index contributed by atoms with van der Waals surface area (Å²) in [6.45, 7) is 0. The van der Waals surface area contributed by atoms with E-state index in [2.05, 4.69) is 10.3 Å². The molecule has 0 saturated heterocycles. The number of methoxy groups -OCH3 is 1. The lowest BCUT2D eigenvalue weighted by Gasteiger charge is -2.12. The van der Waals surface area contributed by atoms with Gasteiger partial charge in [0.25, 0.3) is 0 Å². The number of fused-ring (bicyclic) bond motifs is 3. The van der Waals surface area contributed by atoms with Crippen LogP contribution in [0.15, 0.2) is 48.5 Å². The lowest BCUT2D eigenvalue weighted by molar-refractivity contribution is 0.196. The molecular formula is C19H18N2O3. The van der Waals surface area contributed by atoms with Crippen LogP contribution in [-0.4, -0.2) is 24.2 Å². The molecule has 5 nitrogen and oxygen atoms in total. The van der Waals surface area contributed by atoms with Gasteiger partial charge in [0.2, 0.25) is 0 Å². The fourth-order valence-electron chi connectivity index (χ4n) is 3.28. The molecule has 0 aliphatic heterocycles. The first kappa shape index (κ1) is 14.6.